The van der Waals surface area contributed by atoms with Crippen LogP contribution in [0.4, 0.5) is 24.8 Å². The summed E-state index contributed by atoms with van der Waals surface area (Å²) in [6.07, 6.45) is -1.32. The number of nitrogens with zero attached hydrogens (tertiary/aromatic N) is 7. The molecule has 9 nitrogen and oxygen atoms in total. The van der Waals surface area contributed by atoms with Crippen LogP contribution in [0.25, 0.3) is 22.6 Å². The smallest absolute Gasteiger partial charge is 0.368 e. The predicted molar refractivity (Wildman–Crippen MR) is 127 cm³/mol. The van der Waals surface area contributed by atoms with Crippen LogP contribution in [0.15, 0.2) is 42.9 Å². The Morgan fingerprint density at radius 1 is 1.11 bits per heavy atom. The van der Waals surface area contributed by atoms with Gasteiger partial charge in [-0.3, -0.25) is 14.4 Å². The summed E-state index contributed by atoms with van der Waals surface area (Å²) in [4.78, 5) is 19.1. The van der Waals surface area contributed by atoms with Gasteiger partial charge < -0.3 is 9.88 Å². The summed E-state index contributed by atoms with van der Waals surface area (Å²) in [6.45, 7) is 3.65. The largest absolute Gasteiger partial charge is 0.416 e. The zero-order chi connectivity index (χ0) is 25.8. The molecule has 0 radical (unpaired) electrons. The van der Waals surface area contributed by atoms with Crippen LogP contribution in [0.5, 0.6) is 0 Å². The normalized spacial score (nSPS) is 13.6. The molecular formula is C24H23F3N8O. The van der Waals surface area contributed by atoms with Crippen molar-refractivity contribution in [1.82, 2.24) is 29.5 Å². The minimum Gasteiger partial charge on any atom is -0.368 e. The van der Waals surface area contributed by atoms with Gasteiger partial charge in [0.25, 0.3) is 5.91 Å². The maximum Gasteiger partial charge on any atom is 0.416 e. The van der Waals surface area contributed by atoms with E-state index < -0.39 is 17.6 Å². The topological polar surface area (TPSA) is 93.8 Å². The summed E-state index contributed by atoms with van der Waals surface area (Å²) < 4.78 is 44.3. The molecule has 4 aromatic rings. The molecule has 1 N–H and O–H groups in total. The van der Waals surface area contributed by atoms with E-state index in [1.165, 1.54) is 17.0 Å². The number of aromatic nitrogens is 6. The fourth-order valence-electron chi connectivity index (χ4n) is 4.41. The molecule has 0 aliphatic carbocycles. The van der Waals surface area contributed by atoms with Crippen molar-refractivity contribution in [3.05, 3.63) is 59.5 Å². The van der Waals surface area contributed by atoms with Crippen molar-refractivity contribution in [3.8, 4) is 22.6 Å². The Hall–Kier alpha value is -4.22. The number of rotatable bonds is 5. The first-order valence-corrected chi connectivity index (χ1v) is 11.2. The number of aryl methyl sites for hydroxylation is 2. The van der Waals surface area contributed by atoms with Crippen LogP contribution in [0, 0.1) is 0 Å². The summed E-state index contributed by atoms with van der Waals surface area (Å²) in [5, 5.41) is 15.8. The molecule has 0 unspecified atom stereocenters. The number of benzene rings is 1. The maximum absolute atomic E-state index is 13.6. The monoisotopic (exact) mass is 496 g/mol. The molecule has 1 aliphatic heterocycles. The van der Waals surface area contributed by atoms with Gasteiger partial charge in [-0.2, -0.15) is 18.3 Å². The number of alkyl halides is 3. The maximum atomic E-state index is 13.6. The Kier molecular flexibility index (Phi) is 5.53. The highest BCUT2D eigenvalue weighted by molar-refractivity contribution is 6.10. The number of amides is 1. The minimum atomic E-state index is -4.57. The Balaban J connectivity index is 1.64. The Labute approximate surface area is 204 Å². The molecule has 5 rings (SSSR count). The Bertz CT molecular complexity index is 1470. The lowest BCUT2D eigenvalue weighted by Crippen LogP contribution is -2.25. The van der Waals surface area contributed by atoms with E-state index in [9.17, 15) is 18.0 Å². The van der Waals surface area contributed by atoms with Crippen molar-refractivity contribution >= 4 is 17.5 Å². The first kappa shape index (κ1) is 23.5. The van der Waals surface area contributed by atoms with Crippen LogP contribution < -0.4 is 10.2 Å². The second-order valence-electron chi connectivity index (χ2n) is 8.91. The van der Waals surface area contributed by atoms with Crippen LogP contribution in [-0.2, 0) is 26.8 Å². The van der Waals surface area contributed by atoms with Gasteiger partial charge in [-0.15, -0.1) is 10.2 Å². The first-order valence-electron chi connectivity index (χ1n) is 11.2. The van der Waals surface area contributed by atoms with Crippen LogP contribution in [-0.4, -0.2) is 41.5 Å². The third kappa shape index (κ3) is 3.97. The van der Waals surface area contributed by atoms with Crippen LogP contribution in [0.1, 0.15) is 35.3 Å². The van der Waals surface area contributed by atoms with Crippen molar-refractivity contribution in [2.75, 3.05) is 10.2 Å². The Morgan fingerprint density at radius 3 is 2.56 bits per heavy atom. The van der Waals surface area contributed by atoms with Crippen molar-refractivity contribution in [1.29, 1.82) is 0 Å². The lowest BCUT2D eigenvalue weighted by atomic mass is 10.0. The van der Waals surface area contributed by atoms with Gasteiger partial charge in [0.2, 0.25) is 0 Å². The van der Waals surface area contributed by atoms with Crippen molar-refractivity contribution in [2.45, 2.75) is 32.6 Å². The number of pyridine rings is 1. The lowest BCUT2D eigenvalue weighted by Gasteiger charge is -2.19. The van der Waals surface area contributed by atoms with Crippen molar-refractivity contribution in [2.24, 2.45) is 14.1 Å². The summed E-state index contributed by atoms with van der Waals surface area (Å²) in [6, 6.07) is 7.18. The number of carbonyl (C=O) groups excluding carboxylic acids is 1. The molecule has 0 bridgehead atoms. The average molecular weight is 496 g/mol. The van der Waals surface area contributed by atoms with Gasteiger partial charge in [-0.1, -0.05) is 6.07 Å². The van der Waals surface area contributed by atoms with E-state index in [1.807, 2.05) is 27.0 Å². The van der Waals surface area contributed by atoms with Gasteiger partial charge in [0, 0.05) is 31.3 Å². The van der Waals surface area contributed by atoms with Gasteiger partial charge in [-0.05, 0) is 43.7 Å². The fraction of sp³-hybridized carbons (Fsp3) is 0.292. The third-order valence-corrected chi connectivity index (χ3v) is 5.96. The highest BCUT2D eigenvalue weighted by Crippen LogP contribution is 2.40. The summed E-state index contributed by atoms with van der Waals surface area (Å²) in [7, 11) is 3.59. The predicted octanol–water partition coefficient (Wildman–Crippen LogP) is 4.28. The van der Waals surface area contributed by atoms with Crippen LogP contribution in [0.2, 0.25) is 0 Å². The van der Waals surface area contributed by atoms with Crippen molar-refractivity contribution < 1.29 is 18.0 Å². The van der Waals surface area contributed by atoms with Gasteiger partial charge >= 0.3 is 6.18 Å². The molecule has 1 aromatic carbocycles. The van der Waals surface area contributed by atoms with E-state index >= 15 is 0 Å². The molecule has 0 spiro atoms. The number of anilines is 2. The number of hydrogen-bond donors (Lipinski definition) is 1. The van der Waals surface area contributed by atoms with Gasteiger partial charge in [0.05, 0.1) is 29.6 Å². The van der Waals surface area contributed by atoms with Crippen LogP contribution in [0.3, 0.4) is 0 Å². The van der Waals surface area contributed by atoms with Crippen molar-refractivity contribution in [3.63, 3.8) is 0 Å². The third-order valence-electron chi connectivity index (χ3n) is 5.96. The van der Waals surface area contributed by atoms with E-state index in [-0.39, 0.29) is 29.5 Å². The fourth-order valence-corrected chi connectivity index (χ4v) is 4.41. The van der Waals surface area contributed by atoms with E-state index in [2.05, 4.69) is 25.6 Å². The van der Waals surface area contributed by atoms with E-state index in [0.29, 0.717) is 28.5 Å². The molecule has 4 heterocycles. The minimum absolute atomic E-state index is 0.0219. The van der Waals surface area contributed by atoms with Gasteiger partial charge in [0.15, 0.2) is 5.82 Å². The highest BCUT2D eigenvalue weighted by atomic mass is 19.4. The van der Waals surface area contributed by atoms with Gasteiger partial charge in [0.1, 0.15) is 18.0 Å². The summed E-state index contributed by atoms with van der Waals surface area (Å²) in [5.41, 5.74) is 1.23. The number of carbonyl (C=O) groups is 1. The quantitative estimate of drug-likeness (QED) is 0.443. The number of nitrogens with one attached hydrogen (secondary N) is 1. The van der Waals surface area contributed by atoms with E-state index in [1.54, 1.807) is 34.9 Å². The average Bonchev–Trinajstić information content (AvgIpc) is 3.49. The Morgan fingerprint density at radius 2 is 1.89 bits per heavy atom. The van der Waals surface area contributed by atoms with E-state index in [4.69, 9.17) is 0 Å². The number of halogens is 3. The highest BCUT2D eigenvalue weighted by Gasteiger charge is 2.40. The standard InChI is InChI=1S/C24H23F3N8O/c1-13(2)30-19-8-14(21-16(10-29-34(21)4)22-32-28-12-33(22)3)9-20(31-19)35-11-17-15(23(35)36)6-5-7-18(17)24(25,26)27/h5-10,12-13H,11H2,1-4H3,(H,30,31). The lowest BCUT2D eigenvalue weighted by molar-refractivity contribution is -0.138. The molecule has 0 saturated carbocycles. The molecule has 36 heavy (non-hydrogen) atoms. The second-order valence-corrected chi connectivity index (χ2v) is 8.91. The van der Waals surface area contributed by atoms with Gasteiger partial charge in [-0.25, -0.2) is 4.98 Å². The molecule has 0 fully saturated rings. The molecule has 1 amide bonds. The molecule has 1 aliphatic rings. The zero-order valence-corrected chi connectivity index (χ0v) is 20.0. The molecule has 0 saturated heterocycles. The zero-order valence-electron chi connectivity index (χ0n) is 20.0. The van der Waals surface area contributed by atoms with Crippen LogP contribution >= 0.6 is 0 Å². The number of hydrogen-bond acceptors (Lipinski definition) is 6. The molecule has 12 heteroatoms. The molecule has 3 aromatic heterocycles. The SMILES string of the molecule is CC(C)Nc1cc(-c2c(-c3nncn3C)cnn2C)cc(N2Cc3c(cccc3C(F)(F)F)C2=O)n1. The summed E-state index contributed by atoms with van der Waals surface area (Å²) in [5.74, 6) is 0.765. The molecule has 186 valence electrons. The molecular weight excluding hydrogens is 473 g/mol. The molecule has 0 atom stereocenters. The first-order chi connectivity index (χ1) is 17.0. The summed E-state index contributed by atoms with van der Waals surface area (Å²) >= 11 is 0. The number of fused-ring (bicyclic) bond motifs is 1. The van der Waals surface area contributed by atoms with E-state index in [0.717, 1.165) is 6.07 Å². The second kappa shape index (κ2) is 8.47.